The lowest BCUT2D eigenvalue weighted by atomic mass is 9.90. The molecular weight excluding hydrogens is 318 g/mol. The third-order valence-electron chi connectivity index (χ3n) is 4.79. The monoisotopic (exact) mass is 339 g/mol. The van der Waals surface area contributed by atoms with Gasteiger partial charge in [-0.15, -0.1) is 0 Å². The lowest BCUT2D eigenvalue weighted by Gasteiger charge is -2.36. The fourth-order valence-electron chi connectivity index (χ4n) is 3.35. The van der Waals surface area contributed by atoms with Crippen molar-refractivity contribution in [2.45, 2.75) is 25.3 Å². The van der Waals surface area contributed by atoms with Gasteiger partial charge in [-0.25, -0.2) is 4.79 Å². The highest BCUT2D eigenvalue weighted by Crippen LogP contribution is 2.33. The molecule has 0 spiro atoms. The number of carbonyl (C=O) groups is 2. The zero-order chi connectivity index (χ0) is 18.0. The lowest BCUT2D eigenvalue weighted by molar-refractivity contribution is -0.151. The number of carbonyl (C=O) groups excluding carboxylic acids is 1. The van der Waals surface area contributed by atoms with Crippen LogP contribution in [0.4, 0.5) is 0 Å². The van der Waals surface area contributed by atoms with E-state index < -0.39 is 17.9 Å². The topological polar surface area (TPSA) is 66.8 Å². The van der Waals surface area contributed by atoms with Crippen LogP contribution in [0.3, 0.4) is 0 Å². The number of hydrogen-bond acceptors (Lipinski definition) is 3. The fourth-order valence-corrected chi connectivity index (χ4v) is 3.35. The summed E-state index contributed by atoms with van der Waals surface area (Å²) < 4.78 is 5.14. The summed E-state index contributed by atoms with van der Waals surface area (Å²) in [5.41, 5.74) is 2.54. The van der Waals surface area contributed by atoms with E-state index in [4.69, 9.17) is 4.74 Å². The van der Waals surface area contributed by atoms with Crippen molar-refractivity contribution in [3.63, 3.8) is 0 Å². The minimum Gasteiger partial charge on any atom is -0.497 e. The van der Waals surface area contributed by atoms with Gasteiger partial charge in [-0.2, -0.15) is 0 Å². The zero-order valence-electron chi connectivity index (χ0n) is 14.3. The smallest absolute Gasteiger partial charge is 0.331 e. The Labute approximate surface area is 146 Å². The maximum atomic E-state index is 13.0. The number of ether oxygens (including phenoxy) is 1. The first-order chi connectivity index (χ1) is 12.0. The van der Waals surface area contributed by atoms with Crippen molar-refractivity contribution in [2.24, 2.45) is 0 Å². The van der Waals surface area contributed by atoms with Crippen LogP contribution < -0.4 is 4.74 Å². The van der Waals surface area contributed by atoms with E-state index in [1.807, 2.05) is 37.3 Å². The van der Waals surface area contributed by atoms with Gasteiger partial charge in [0.15, 0.2) is 6.04 Å². The van der Waals surface area contributed by atoms with Gasteiger partial charge in [-0.3, -0.25) is 4.79 Å². The summed E-state index contributed by atoms with van der Waals surface area (Å²) in [5.74, 6) is -0.869. The molecule has 130 valence electrons. The van der Waals surface area contributed by atoms with E-state index in [-0.39, 0.29) is 5.91 Å². The molecule has 0 bridgehead atoms. The molecule has 0 saturated carbocycles. The highest BCUT2D eigenvalue weighted by atomic mass is 16.5. The second kappa shape index (κ2) is 6.97. The van der Waals surface area contributed by atoms with Crippen LogP contribution in [0.15, 0.2) is 48.5 Å². The molecule has 5 heteroatoms. The first-order valence-corrected chi connectivity index (χ1v) is 8.28. The van der Waals surface area contributed by atoms with Gasteiger partial charge < -0.3 is 14.7 Å². The molecule has 25 heavy (non-hydrogen) atoms. The Hall–Kier alpha value is -2.82. The predicted octanol–water partition coefficient (Wildman–Crippen LogP) is 3.01. The van der Waals surface area contributed by atoms with Gasteiger partial charge in [0.1, 0.15) is 5.75 Å². The summed E-state index contributed by atoms with van der Waals surface area (Å²) in [5, 5.41) is 9.71. The lowest BCUT2D eigenvalue weighted by Crippen LogP contribution is -2.45. The van der Waals surface area contributed by atoms with Crippen LogP contribution in [0.2, 0.25) is 0 Å². The summed E-state index contributed by atoms with van der Waals surface area (Å²) >= 11 is 0. The molecule has 1 heterocycles. The summed E-state index contributed by atoms with van der Waals surface area (Å²) in [6.07, 6.45) is 0.668. The predicted molar refractivity (Wildman–Crippen MR) is 93.6 cm³/mol. The number of methoxy groups -OCH3 is 1. The van der Waals surface area contributed by atoms with Gasteiger partial charge in [-0.1, -0.05) is 36.4 Å². The molecule has 2 atom stereocenters. The normalized spacial score (nSPS) is 17.5. The standard InChI is InChI=1S/C20H21NO4/c1-13(14-7-9-16(25-2)10-8-14)19(22)21-12-11-15-5-3-4-6-17(15)18(21)20(23)24/h3-10,13,18H,11-12H2,1-2H3,(H,23,24). The number of benzene rings is 2. The van der Waals surface area contributed by atoms with Crippen molar-refractivity contribution in [2.75, 3.05) is 13.7 Å². The first kappa shape index (κ1) is 17.0. The number of carboxylic acids is 1. The second-order valence-corrected chi connectivity index (χ2v) is 6.22. The Morgan fingerprint density at radius 2 is 1.84 bits per heavy atom. The number of carboxylic acid groups (broad SMARTS) is 1. The molecule has 1 aliphatic rings. The van der Waals surface area contributed by atoms with Gasteiger partial charge in [0.25, 0.3) is 0 Å². The third-order valence-corrected chi connectivity index (χ3v) is 4.79. The highest BCUT2D eigenvalue weighted by molar-refractivity contribution is 5.89. The van der Waals surface area contributed by atoms with Crippen LogP contribution >= 0.6 is 0 Å². The molecule has 1 N–H and O–H groups in total. The molecule has 1 amide bonds. The van der Waals surface area contributed by atoms with Crippen molar-refractivity contribution >= 4 is 11.9 Å². The molecule has 2 unspecified atom stereocenters. The second-order valence-electron chi connectivity index (χ2n) is 6.22. The number of nitrogens with zero attached hydrogens (tertiary/aromatic N) is 1. The van der Waals surface area contributed by atoms with Crippen molar-refractivity contribution in [1.29, 1.82) is 0 Å². The Balaban J connectivity index is 1.88. The SMILES string of the molecule is COc1ccc(C(C)C(=O)N2CCc3ccccc3C2C(=O)O)cc1. The summed E-state index contributed by atoms with van der Waals surface area (Å²) in [6.45, 7) is 2.22. The Morgan fingerprint density at radius 3 is 2.48 bits per heavy atom. The number of amides is 1. The molecule has 0 aromatic heterocycles. The van der Waals surface area contributed by atoms with Gasteiger partial charge in [0.2, 0.25) is 5.91 Å². The van der Waals surface area contributed by atoms with E-state index in [0.717, 1.165) is 16.9 Å². The molecule has 0 fully saturated rings. The average Bonchev–Trinajstić information content (AvgIpc) is 2.65. The Kier molecular flexibility index (Phi) is 4.74. The van der Waals surface area contributed by atoms with Gasteiger partial charge >= 0.3 is 5.97 Å². The number of rotatable bonds is 4. The van der Waals surface area contributed by atoms with E-state index in [0.29, 0.717) is 18.5 Å². The third kappa shape index (κ3) is 3.22. The van der Waals surface area contributed by atoms with Crippen LogP contribution in [-0.2, 0) is 16.0 Å². The average molecular weight is 339 g/mol. The zero-order valence-corrected chi connectivity index (χ0v) is 14.3. The quantitative estimate of drug-likeness (QED) is 0.930. The fraction of sp³-hybridized carbons (Fsp3) is 0.300. The molecule has 1 aliphatic heterocycles. The maximum absolute atomic E-state index is 13.0. The van der Waals surface area contributed by atoms with Crippen molar-refractivity contribution in [3.05, 3.63) is 65.2 Å². The van der Waals surface area contributed by atoms with E-state index in [1.54, 1.807) is 25.3 Å². The van der Waals surface area contributed by atoms with E-state index in [1.165, 1.54) is 4.90 Å². The molecular formula is C20H21NO4. The molecule has 2 aromatic carbocycles. The minimum atomic E-state index is -0.998. The summed E-state index contributed by atoms with van der Waals surface area (Å²) in [7, 11) is 1.59. The first-order valence-electron chi connectivity index (χ1n) is 8.28. The van der Waals surface area contributed by atoms with Crippen molar-refractivity contribution in [3.8, 4) is 5.75 Å². The van der Waals surface area contributed by atoms with Crippen LogP contribution in [0.1, 0.15) is 35.6 Å². The maximum Gasteiger partial charge on any atom is 0.331 e. The summed E-state index contributed by atoms with van der Waals surface area (Å²) in [4.78, 5) is 26.4. The highest BCUT2D eigenvalue weighted by Gasteiger charge is 2.37. The number of fused-ring (bicyclic) bond motifs is 1. The van der Waals surface area contributed by atoms with Crippen LogP contribution in [-0.4, -0.2) is 35.5 Å². The van der Waals surface area contributed by atoms with E-state index >= 15 is 0 Å². The molecule has 5 nitrogen and oxygen atoms in total. The van der Waals surface area contributed by atoms with Crippen LogP contribution in [0.25, 0.3) is 0 Å². The van der Waals surface area contributed by atoms with Gasteiger partial charge in [-0.05, 0) is 42.2 Å². The summed E-state index contributed by atoms with van der Waals surface area (Å²) in [6, 6.07) is 13.8. The van der Waals surface area contributed by atoms with Gasteiger partial charge in [0, 0.05) is 6.54 Å². The van der Waals surface area contributed by atoms with Crippen LogP contribution in [0.5, 0.6) is 5.75 Å². The van der Waals surface area contributed by atoms with E-state index in [9.17, 15) is 14.7 Å². The Bertz CT molecular complexity index is 785. The number of hydrogen-bond donors (Lipinski definition) is 1. The van der Waals surface area contributed by atoms with Crippen molar-refractivity contribution in [1.82, 2.24) is 4.90 Å². The molecule has 0 radical (unpaired) electrons. The minimum absolute atomic E-state index is 0.174. The van der Waals surface area contributed by atoms with Crippen molar-refractivity contribution < 1.29 is 19.4 Å². The largest absolute Gasteiger partial charge is 0.497 e. The Morgan fingerprint density at radius 1 is 1.16 bits per heavy atom. The van der Waals surface area contributed by atoms with Gasteiger partial charge in [0.05, 0.1) is 13.0 Å². The molecule has 3 rings (SSSR count). The van der Waals surface area contributed by atoms with E-state index in [2.05, 4.69) is 0 Å². The molecule has 0 aliphatic carbocycles. The molecule has 2 aromatic rings. The van der Waals surface area contributed by atoms with Crippen LogP contribution in [0, 0.1) is 0 Å². The molecule has 0 saturated heterocycles. The number of aliphatic carboxylic acids is 1.